The van der Waals surface area contributed by atoms with Crippen LogP contribution >= 0.6 is 22.7 Å². The van der Waals surface area contributed by atoms with Crippen molar-refractivity contribution in [3.05, 3.63) is 95.8 Å². The van der Waals surface area contributed by atoms with Crippen molar-refractivity contribution < 1.29 is 14.3 Å². The van der Waals surface area contributed by atoms with Crippen LogP contribution in [0.1, 0.15) is 30.3 Å². The van der Waals surface area contributed by atoms with Gasteiger partial charge in [0.1, 0.15) is 18.4 Å². The minimum atomic E-state index is -0.560. The molecule has 1 aliphatic rings. The lowest BCUT2D eigenvalue weighted by Gasteiger charge is -2.23. The van der Waals surface area contributed by atoms with Crippen molar-refractivity contribution in [2.24, 2.45) is 4.99 Å². The molecule has 164 valence electrons. The van der Waals surface area contributed by atoms with Crippen LogP contribution in [0.5, 0.6) is 5.75 Å². The van der Waals surface area contributed by atoms with Crippen molar-refractivity contribution in [1.82, 2.24) is 4.57 Å². The molecule has 3 aromatic rings. The van der Waals surface area contributed by atoms with E-state index in [-0.39, 0.29) is 12.2 Å². The number of carbonyl (C=O) groups is 1. The number of carbonyl (C=O) groups excluding carboxylic acids is 1. The number of rotatable bonds is 7. The molecule has 0 aliphatic carbocycles. The molecule has 32 heavy (non-hydrogen) atoms. The zero-order chi connectivity index (χ0) is 22.7. The Labute approximate surface area is 193 Å². The van der Waals surface area contributed by atoms with Crippen LogP contribution in [-0.2, 0) is 9.53 Å². The summed E-state index contributed by atoms with van der Waals surface area (Å²) in [4.78, 5) is 32.3. The van der Waals surface area contributed by atoms with Gasteiger partial charge in [0.05, 0.1) is 22.4 Å². The minimum absolute atomic E-state index is 0.195. The molecule has 8 heteroatoms. The van der Waals surface area contributed by atoms with Gasteiger partial charge in [0, 0.05) is 4.88 Å². The SMILES string of the molecule is C=CCOc1cccc(/C=c2\sc3n(c2=O)[C@H](c2cccs2)C(C(=O)OCC)=C(C)N=3)c1. The second kappa shape index (κ2) is 9.50. The number of benzene rings is 1. The third kappa shape index (κ3) is 4.24. The third-order valence-corrected chi connectivity index (χ3v) is 6.76. The fourth-order valence-electron chi connectivity index (χ4n) is 3.51. The van der Waals surface area contributed by atoms with Crippen LogP contribution in [0.4, 0.5) is 0 Å². The van der Waals surface area contributed by atoms with Gasteiger partial charge < -0.3 is 9.47 Å². The lowest BCUT2D eigenvalue weighted by molar-refractivity contribution is -0.139. The largest absolute Gasteiger partial charge is 0.490 e. The van der Waals surface area contributed by atoms with Crippen molar-refractivity contribution in [1.29, 1.82) is 0 Å². The molecule has 0 unspecified atom stereocenters. The van der Waals surface area contributed by atoms with Crippen LogP contribution in [0, 0.1) is 0 Å². The molecule has 0 spiro atoms. The van der Waals surface area contributed by atoms with Gasteiger partial charge in [-0.2, -0.15) is 0 Å². The lowest BCUT2D eigenvalue weighted by Crippen LogP contribution is -2.39. The summed E-state index contributed by atoms with van der Waals surface area (Å²) in [5.74, 6) is 0.247. The molecular weight excluding hydrogens is 444 g/mol. The summed E-state index contributed by atoms with van der Waals surface area (Å²) in [6.07, 6.45) is 3.50. The zero-order valence-corrected chi connectivity index (χ0v) is 19.4. The van der Waals surface area contributed by atoms with E-state index in [9.17, 15) is 9.59 Å². The normalized spacial score (nSPS) is 15.8. The van der Waals surface area contributed by atoms with E-state index in [1.54, 1.807) is 24.5 Å². The minimum Gasteiger partial charge on any atom is -0.490 e. The Bertz CT molecular complexity index is 1360. The molecule has 2 aromatic heterocycles. The van der Waals surface area contributed by atoms with Gasteiger partial charge in [-0.25, -0.2) is 9.79 Å². The summed E-state index contributed by atoms with van der Waals surface area (Å²) in [6, 6.07) is 10.8. The first kappa shape index (κ1) is 22.0. The molecule has 3 heterocycles. The first-order valence-electron chi connectivity index (χ1n) is 10.1. The van der Waals surface area contributed by atoms with E-state index in [1.807, 2.05) is 47.9 Å². The first-order valence-corrected chi connectivity index (χ1v) is 11.8. The second-order valence-corrected chi connectivity index (χ2v) is 8.98. The van der Waals surface area contributed by atoms with Crippen LogP contribution in [-0.4, -0.2) is 23.8 Å². The molecule has 1 aliphatic heterocycles. The number of hydrogen-bond donors (Lipinski definition) is 0. The maximum absolute atomic E-state index is 13.5. The predicted octanol–water partition coefficient (Wildman–Crippen LogP) is 3.42. The van der Waals surface area contributed by atoms with Gasteiger partial charge in [-0.15, -0.1) is 11.3 Å². The van der Waals surface area contributed by atoms with Crippen LogP contribution < -0.4 is 19.6 Å². The van der Waals surface area contributed by atoms with Gasteiger partial charge in [0.15, 0.2) is 4.80 Å². The highest BCUT2D eigenvalue weighted by Crippen LogP contribution is 2.33. The summed E-state index contributed by atoms with van der Waals surface area (Å²) in [5.41, 5.74) is 1.60. The van der Waals surface area contributed by atoms with Crippen molar-refractivity contribution in [3.63, 3.8) is 0 Å². The Morgan fingerprint density at radius 2 is 2.16 bits per heavy atom. The van der Waals surface area contributed by atoms with Crippen LogP contribution in [0.2, 0.25) is 0 Å². The van der Waals surface area contributed by atoms with Crippen LogP contribution in [0.3, 0.4) is 0 Å². The van der Waals surface area contributed by atoms with Gasteiger partial charge in [0.2, 0.25) is 0 Å². The van der Waals surface area contributed by atoms with Crippen molar-refractivity contribution in [3.8, 4) is 5.75 Å². The molecule has 6 nitrogen and oxygen atoms in total. The summed E-state index contributed by atoms with van der Waals surface area (Å²) in [6.45, 7) is 7.86. The fraction of sp³-hybridized carbons (Fsp3) is 0.208. The molecule has 0 radical (unpaired) electrons. The number of hydrogen-bond acceptors (Lipinski definition) is 7. The zero-order valence-electron chi connectivity index (χ0n) is 17.7. The van der Waals surface area contributed by atoms with Gasteiger partial charge >= 0.3 is 5.97 Å². The third-order valence-electron chi connectivity index (χ3n) is 4.85. The number of esters is 1. The van der Waals surface area contributed by atoms with E-state index in [2.05, 4.69) is 11.6 Å². The summed E-state index contributed by atoms with van der Waals surface area (Å²) < 4.78 is 13.0. The summed E-state index contributed by atoms with van der Waals surface area (Å²) in [7, 11) is 0. The van der Waals surface area contributed by atoms with Gasteiger partial charge in [-0.1, -0.05) is 42.2 Å². The Morgan fingerprint density at radius 3 is 2.88 bits per heavy atom. The number of thiophene rings is 1. The topological polar surface area (TPSA) is 69.9 Å². The maximum Gasteiger partial charge on any atom is 0.338 e. The number of aromatic nitrogens is 1. The highest BCUT2D eigenvalue weighted by atomic mass is 32.1. The van der Waals surface area contributed by atoms with Gasteiger partial charge in [0.25, 0.3) is 5.56 Å². The Balaban J connectivity index is 1.86. The first-order chi connectivity index (χ1) is 15.5. The van der Waals surface area contributed by atoms with Crippen LogP contribution in [0.15, 0.2) is 75.5 Å². The van der Waals surface area contributed by atoms with E-state index in [1.165, 1.54) is 22.7 Å². The van der Waals surface area contributed by atoms with E-state index >= 15 is 0 Å². The van der Waals surface area contributed by atoms with Crippen molar-refractivity contribution in [2.45, 2.75) is 19.9 Å². The number of ether oxygens (including phenoxy) is 2. The monoisotopic (exact) mass is 466 g/mol. The predicted molar refractivity (Wildman–Crippen MR) is 127 cm³/mol. The van der Waals surface area contributed by atoms with E-state index < -0.39 is 12.0 Å². The molecule has 0 N–H and O–H groups in total. The quantitative estimate of drug-likeness (QED) is 0.395. The second-order valence-electron chi connectivity index (χ2n) is 6.99. The lowest BCUT2D eigenvalue weighted by atomic mass is 10.0. The molecule has 0 fully saturated rings. The molecule has 1 atom stereocenters. The fourth-order valence-corrected chi connectivity index (χ4v) is 5.38. The average Bonchev–Trinajstić information content (AvgIpc) is 3.41. The number of fused-ring (bicyclic) bond motifs is 1. The Morgan fingerprint density at radius 1 is 1.31 bits per heavy atom. The maximum atomic E-state index is 13.5. The molecule has 4 rings (SSSR count). The van der Waals surface area contributed by atoms with Crippen molar-refractivity contribution in [2.75, 3.05) is 13.2 Å². The molecule has 1 aromatic carbocycles. The van der Waals surface area contributed by atoms with Crippen LogP contribution in [0.25, 0.3) is 6.08 Å². The Kier molecular flexibility index (Phi) is 6.53. The van der Waals surface area contributed by atoms with Crippen molar-refractivity contribution >= 4 is 34.7 Å². The van der Waals surface area contributed by atoms with E-state index in [4.69, 9.17) is 9.47 Å². The molecule has 0 saturated carbocycles. The van der Waals surface area contributed by atoms with E-state index in [0.717, 1.165) is 10.4 Å². The highest BCUT2D eigenvalue weighted by molar-refractivity contribution is 7.10. The van der Waals surface area contributed by atoms with E-state index in [0.29, 0.717) is 33.0 Å². The number of thiazole rings is 1. The molecule has 0 amide bonds. The Hall–Kier alpha value is -3.23. The molecular formula is C24H22N2O4S2. The summed E-state index contributed by atoms with van der Waals surface area (Å²) >= 11 is 2.79. The van der Waals surface area contributed by atoms with Gasteiger partial charge in [-0.05, 0) is 49.1 Å². The smallest absolute Gasteiger partial charge is 0.338 e. The average molecular weight is 467 g/mol. The standard InChI is InChI=1S/C24H22N2O4S2/c1-4-11-30-17-9-6-8-16(13-17)14-19-22(27)26-21(18-10-7-12-31-18)20(23(28)29-5-2)15(3)25-24(26)32-19/h4,6-10,12-14,21H,1,5,11H2,2-3H3/b19-14-/t21-/m1/s1. The number of allylic oxidation sites excluding steroid dienone is 1. The van der Waals surface area contributed by atoms with Gasteiger partial charge in [-0.3, -0.25) is 9.36 Å². The molecule has 0 bridgehead atoms. The number of nitrogens with zero attached hydrogens (tertiary/aromatic N) is 2. The highest BCUT2D eigenvalue weighted by Gasteiger charge is 2.33. The summed E-state index contributed by atoms with van der Waals surface area (Å²) in [5, 5.41) is 1.93. The molecule has 0 saturated heterocycles.